The summed E-state index contributed by atoms with van der Waals surface area (Å²) in [5.74, 6) is 1.41. The van der Waals surface area contributed by atoms with E-state index in [4.69, 9.17) is 16.3 Å². The zero-order chi connectivity index (χ0) is 16.2. The van der Waals surface area contributed by atoms with Crippen molar-refractivity contribution < 1.29 is 14.3 Å². The van der Waals surface area contributed by atoms with Crippen molar-refractivity contribution in [2.24, 2.45) is 17.8 Å². The second kappa shape index (κ2) is 7.35. The van der Waals surface area contributed by atoms with E-state index in [2.05, 4.69) is 5.32 Å². The number of Topliss-reactive ketones (excluding diaryl/α,β-unsaturated/α-hetero) is 1. The van der Waals surface area contributed by atoms with Gasteiger partial charge in [-0.05, 0) is 49.9 Å². The average molecular weight is 336 g/mol. The maximum absolute atomic E-state index is 12.3. The summed E-state index contributed by atoms with van der Waals surface area (Å²) in [5.41, 5.74) is 0. The number of amides is 1. The molecule has 2 saturated carbocycles. The second-order valence-electron chi connectivity index (χ2n) is 6.49. The number of benzene rings is 1. The van der Waals surface area contributed by atoms with Gasteiger partial charge in [0.05, 0.1) is 6.54 Å². The third-order valence-electron chi connectivity index (χ3n) is 4.90. The Hall–Kier alpha value is -1.55. The molecule has 5 heteroatoms. The van der Waals surface area contributed by atoms with Gasteiger partial charge in [0.2, 0.25) is 5.91 Å². The Labute approximate surface area is 141 Å². The van der Waals surface area contributed by atoms with Crippen molar-refractivity contribution in [2.75, 3.05) is 13.2 Å². The topological polar surface area (TPSA) is 55.4 Å². The minimum atomic E-state index is -0.0152. The summed E-state index contributed by atoms with van der Waals surface area (Å²) in [6, 6.07) is 7.15. The van der Waals surface area contributed by atoms with Crippen molar-refractivity contribution >= 4 is 23.3 Å². The fraction of sp³-hybridized carbons (Fsp3) is 0.556. The molecule has 2 atom stereocenters. The molecule has 23 heavy (non-hydrogen) atoms. The van der Waals surface area contributed by atoms with Gasteiger partial charge in [-0.25, -0.2) is 0 Å². The first-order valence-electron chi connectivity index (χ1n) is 8.33. The van der Waals surface area contributed by atoms with E-state index in [1.54, 1.807) is 24.3 Å². The molecule has 0 spiro atoms. The van der Waals surface area contributed by atoms with Crippen LogP contribution in [0.3, 0.4) is 0 Å². The van der Waals surface area contributed by atoms with Crippen molar-refractivity contribution in [3.8, 4) is 5.75 Å². The second-order valence-corrected chi connectivity index (χ2v) is 6.93. The lowest BCUT2D eigenvalue weighted by atomic mass is 9.67. The first kappa shape index (κ1) is 16.3. The molecule has 1 amide bonds. The van der Waals surface area contributed by atoms with Crippen molar-refractivity contribution in [1.29, 1.82) is 0 Å². The Bertz CT molecular complexity index is 556. The van der Waals surface area contributed by atoms with Gasteiger partial charge in [-0.3, -0.25) is 9.59 Å². The Kier molecular flexibility index (Phi) is 5.21. The van der Waals surface area contributed by atoms with Crippen LogP contribution in [0, 0.1) is 17.8 Å². The number of halogens is 1. The van der Waals surface area contributed by atoms with Crippen molar-refractivity contribution in [3.63, 3.8) is 0 Å². The van der Waals surface area contributed by atoms with Crippen molar-refractivity contribution in [2.45, 2.75) is 32.1 Å². The molecule has 0 aliphatic heterocycles. The molecular formula is C18H22ClNO3. The summed E-state index contributed by atoms with van der Waals surface area (Å²) in [7, 11) is 0. The predicted molar refractivity (Wildman–Crippen MR) is 88.5 cm³/mol. The van der Waals surface area contributed by atoms with E-state index in [0.29, 0.717) is 24.0 Å². The van der Waals surface area contributed by atoms with Gasteiger partial charge >= 0.3 is 0 Å². The zero-order valence-corrected chi connectivity index (χ0v) is 13.8. The molecule has 0 aromatic heterocycles. The zero-order valence-electron chi connectivity index (χ0n) is 13.1. The van der Waals surface area contributed by atoms with Crippen LogP contribution in [0.1, 0.15) is 32.1 Å². The molecule has 0 heterocycles. The molecule has 2 aliphatic carbocycles. The number of nitrogens with one attached hydrogen (secondary N) is 1. The molecule has 3 rings (SSSR count). The number of ketones is 1. The molecule has 1 aromatic rings. The lowest BCUT2D eigenvalue weighted by molar-refractivity contribution is -0.137. The molecular weight excluding hydrogens is 314 g/mol. The van der Waals surface area contributed by atoms with E-state index in [1.807, 2.05) is 0 Å². The van der Waals surface area contributed by atoms with Gasteiger partial charge in [0, 0.05) is 22.8 Å². The molecule has 2 fully saturated rings. The maximum Gasteiger partial charge on any atom is 0.223 e. The van der Waals surface area contributed by atoms with E-state index in [9.17, 15) is 9.59 Å². The Morgan fingerprint density at radius 3 is 2.48 bits per heavy atom. The number of rotatable bonds is 5. The average Bonchev–Trinajstić information content (AvgIpc) is 2.53. The van der Waals surface area contributed by atoms with Gasteiger partial charge in [-0.2, -0.15) is 0 Å². The smallest absolute Gasteiger partial charge is 0.223 e. The summed E-state index contributed by atoms with van der Waals surface area (Å²) in [5, 5.41) is 3.61. The van der Waals surface area contributed by atoms with Gasteiger partial charge in [0.15, 0.2) is 0 Å². The summed E-state index contributed by atoms with van der Waals surface area (Å²) in [6.07, 6.45) is 4.49. The molecule has 4 nitrogen and oxygen atoms in total. The van der Waals surface area contributed by atoms with E-state index >= 15 is 0 Å². The van der Waals surface area contributed by atoms with Crippen LogP contribution in [-0.4, -0.2) is 24.8 Å². The van der Waals surface area contributed by atoms with E-state index in [-0.39, 0.29) is 23.7 Å². The molecule has 1 N–H and O–H groups in total. The number of hydrogen-bond acceptors (Lipinski definition) is 3. The fourth-order valence-corrected chi connectivity index (χ4v) is 3.84. The molecule has 2 bridgehead atoms. The highest BCUT2D eigenvalue weighted by Crippen LogP contribution is 2.40. The lowest BCUT2D eigenvalue weighted by Gasteiger charge is -2.36. The quantitative estimate of drug-likeness (QED) is 0.840. The van der Waals surface area contributed by atoms with Crippen LogP contribution in [0.4, 0.5) is 0 Å². The van der Waals surface area contributed by atoms with Gasteiger partial charge in [0.1, 0.15) is 18.1 Å². The van der Waals surface area contributed by atoms with Crippen LogP contribution in [0.2, 0.25) is 5.02 Å². The normalized spacial score (nSPS) is 26.7. The lowest BCUT2D eigenvalue weighted by Crippen LogP contribution is -2.43. The Balaban J connectivity index is 1.41. The Morgan fingerprint density at radius 1 is 1.17 bits per heavy atom. The fourth-order valence-electron chi connectivity index (χ4n) is 3.71. The van der Waals surface area contributed by atoms with Crippen molar-refractivity contribution in [3.05, 3.63) is 29.3 Å². The summed E-state index contributed by atoms with van der Waals surface area (Å²) in [4.78, 5) is 24.4. The standard InChI is InChI=1S/C18H22ClNO3/c19-15-4-6-16(7-5-15)23-9-8-20-18(22)14-10-12-2-1-3-13(11-14)17(12)21/h4-7,12-14H,1-3,8-11H2,(H,20,22). The van der Waals surface area contributed by atoms with Gasteiger partial charge in [0.25, 0.3) is 0 Å². The monoisotopic (exact) mass is 335 g/mol. The number of hydrogen-bond donors (Lipinski definition) is 1. The van der Waals surface area contributed by atoms with Gasteiger partial charge in [-0.1, -0.05) is 18.0 Å². The Morgan fingerprint density at radius 2 is 1.83 bits per heavy atom. The first-order valence-corrected chi connectivity index (χ1v) is 8.71. The van der Waals surface area contributed by atoms with Crippen LogP contribution in [-0.2, 0) is 9.59 Å². The van der Waals surface area contributed by atoms with Crippen LogP contribution in [0.5, 0.6) is 5.75 Å². The van der Waals surface area contributed by atoms with Crippen LogP contribution < -0.4 is 10.1 Å². The highest BCUT2D eigenvalue weighted by Gasteiger charge is 2.41. The molecule has 0 radical (unpaired) electrons. The summed E-state index contributed by atoms with van der Waals surface area (Å²) in [6.45, 7) is 0.896. The van der Waals surface area contributed by atoms with Gasteiger partial charge in [-0.15, -0.1) is 0 Å². The largest absolute Gasteiger partial charge is 0.492 e. The molecule has 1 aromatic carbocycles. The summed E-state index contributed by atoms with van der Waals surface area (Å²) >= 11 is 5.81. The van der Waals surface area contributed by atoms with E-state index in [1.165, 1.54) is 0 Å². The SMILES string of the molecule is O=C(NCCOc1ccc(Cl)cc1)C1CC2CCCC(C1)C2=O. The third kappa shape index (κ3) is 4.05. The predicted octanol–water partition coefficient (Wildman–Crippen LogP) is 3.23. The maximum atomic E-state index is 12.3. The molecule has 2 unspecified atom stereocenters. The highest BCUT2D eigenvalue weighted by atomic mass is 35.5. The first-order chi connectivity index (χ1) is 11.1. The van der Waals surface area contributed by atoms with Crippen LogP contribution in [0.25, 0.3) is 0 Å². The number of ether oxygens (including phenoxy) is 1. The number of fused-ring (bicyclic) bond motifs is 2. The minimum absolute atomic E-state index is 0.0152. The van der Waals surface area contributed by atoms with Gasteiger partial charge < -0.3 is 10.1 Å². The molecule has 124 valence electrons. The van der Waals surface area contributed by atoms with Crippen LogP contribution in [0.15, 0.2) is 24.3 Å². The third-order valence-corrected chi connectivity index (χ3v) is 5.15. The van der Waals surface area contributed by atoms with Crippen LogP contribution >= 0.6 is 11.6 Å². The number of carbonyl (C=O) groups excluding carboxylic acids is 2. The summed E-state index contributed by atoms with van der Waals surface area (Å²) < 4.78 is 5.56. The minimum Gasteiger partial charge on any atom is -0.492 e. The molecule has 0 saturated heterocycles. The van der Waals surface area contributed by atoms with E-state index in [0.717, 1.165) is 37.9 Å². The number of carbonyl (C=O) groups is 2. The molecule has 2 aliphatic rings. The van der Waals surface area contributed by atoms with E-state index < -0.39 is 0 Å². The van der Waals surface area contributed by atoms with Crippen molar-refractivity contribution in [1.82, 2.24) is 5.32 Å². The highest BCUT2D eigenvalue weighted by molar-refractivity contribution is 6.30.